The average Bonchev–Trinajstić information content (AvgIpc) is 2.47. The van der Waals surface area contributed by atoms with Crippen molar-refractivity contribution in [1.82, 2.24) is 14.4 Å². The molecule has 0 N–H and O–H groups in total. The fourth-order valence-corrected chi connectivity index (χ4v) is 1.44. The van der Waals surface area contributed by atoms with Gasteiger partial charge in [0, 0.05) is 24.5 Å². The van der Waals surface area contributed by atoms with Crippen molar-refractivity contribution in [2.75, 3.05) is 0 Å². The second-order valence-corrected chi connectivity index (χ2v) is 3.39. The maximum Gasteiger partial charge on any atom is 0.234 e. The predicted molar refractivity (Wildman–Crippen MR) is 52.5 cm³/mol. The number of ketones is 1. The van der Waals surface area contributed by atoms with Gasteiger partial charge in [-0.2, -0.15) is 0 Å². The van der Waals surface area contributed by atoms with Gasteiger partial charge in [0.25, 0.3) is 0 Å². The zero-order valence-corrected chi connectivity index (χ0v) is 8.40. The van der Waals surface area contributed by atoms with E-state index in [1.807, 2.05) is 24.3 Å². The fraction of sp³-hybridized carbons (Fsp3) is 0.300. The molecule has 0 aliphatic rings. The van der Waals surface area contributed by atoms with Gasteiger partial charge in [-0.1, -0.05) is 0 Å². The van der Waals surface area contributed by atoms with E-state index in [-0.39, 0.29) is 5.78 Å². The number of carbonyl (C=O) groups is 1. The van der Waals surface area contributed by atoms with Crippen LogP contribution in [0, 0.1) is 13.8 Å². The lowest BCUT2D eigenvalue weighted by atomic mass is 10.3. The second-order valence-electron chi connectivity index (χ2n) is 3.39. The summed E-state index contributed by atoms with van der Waals surface area (Å²) in [6, 6.07) is 1.96. The molecule has 0 bridgehead atoms. The van der Waals surface area contributed by atoms with Crippen LogP contribution in [-0.4, -0.2) is 20.2 Å². The number of aryl methyl sites for hydroxylation is 2. The van der Waals surface area contributed by atoms with Crippen LogP contribution in [0.15, 0.2) is 12.3 Å². The van der Waals surface area contributed by atoms with Crippen molar-refractivity contribution < 1.29 is 4.79 Å². The normalized spacial score (nSPS) is 10.8. The maximum absolute atomic E-state index is 11.1. The Morgan fingerprint density at radius 2 is 2.07 bits per heavy atom. The molecule has 0 aliphatic heterocycles. The predicted octanol–water partition coefficient (Wildman–Crippen LogP) is 1.55. The molecule has 0 atom stereocenters. The average molecular weight is 189 g/mol. The summed E-state index contributed by atoms with van der Waals surface area (Å²) in [5.41, 5.74) is 2.41. The molecule has 2 aromatic rings. The number of fused-ring (bicyclic) bond motifs is 1. The zero-order chi connectivity index (χ0) is 10.3. The van der Waals surface area contributed by atoms with Gasteiger partial charge < -0.3 is 0 Å². The first-order valence-electron chi connectivity index (χ1n) is 4.42. The second kappa shape index (κ2) is 2.90. The van der Waals surface area contributed by atoms with Crippen molar-refractivity contribution in [1.29, 1.82) is 0 Å². The summed E-state index contributed by atoms with van der Waals surface area (Å²) in [6.45, 7) is 5.38. The lowest BCUT2D eigenvalue weighted by molar-refractivity contribution is 0.101. The largest absolute Gasteiger partial charge is 0.293 e. The van der Waals surface area contributed by atoms with E-state index in [9.17, 15) is 4.79 Å². The minimum Gasteiger partial charge on any atom is -0.293 e. The van der Waals surface area contributed by atoms with Crippen molar-refractivity contribution >= 4 is 11.6 Å². The zero-order valence-electron chi connectivity index (χ0n) is 8.40. The summed E-state index contributed by atoms with van der Waals surface area (Å²) in [6.07, 6.45) is 1.72. The molecule has 4 heteroatoms. The third-order valence-corrected chi connectivity index (χ3v) is 2.12. The Labute approximate surface area is 81.6 Å². The first-order valence-corrected chi connectivity index (χ1v) is 4.42. The van der Waals surface area contributed by atoms with Gasteiger partial charge in [0.05, 0.1) is 0 Å². The summed E-state index contributed by atoms with van der Waals surface area (Å²) in [5.74, 6) is 0.556. The van der Waals surface area contributed by atoms with E-state index in [2.05, 4.69) is 9.97 Å². The van der Waals surface area contributed by atoms with Crippen LogP contribution in [0.1, 0.15) is 28.8 Å². The molecule has 0 aromatic carbocycles. The van der Waals surface area contributed by atoms with Crippen LogP contribution in [-0.2, 0) is 0 Å². The summed E-state index contributed by atoms with van der Waals surface area (Å²) < 4.78 is 1.82. The molecule has 0 amide bonds. The monoisotopic (exact) mass is 189 g/mol. The van der Waals surface area contributed by atoms with Gasteiger partial charge in [0.2, 0.25) is 5.78 Å². The van der Waals surface area contributed by atoms with Crippen LogP contribution in [0.25, 0.3) is 5.78 Å². The van der Waals surface area contributed by atoms with Crippen LogP contribution < -0.4 is 0 Å². The summed E-state index contributed by atoms with van der Waals surface area (Å²) in [7, 11) is 0. The van der Waals surface area contributed by atoms with Gasteiger partial charge in [-0.05, 0) is 19.9 Å². The van der Waals surface area contributed by atoms with Gasteiger partial charge in [-0.15, -0.1) is 0 Å². The fourth-order valence-electron chi connectivity index (χ4n) is 1.44. The van der Waals surface area contributed by atoms with E-state index in [1.54, 1.807) is 6.20 Å². The topological polar surface area (TPSA) is 47.3 Å². The van der Waals surface area contributed by atoms with Crippen molar-refractivity contribution in [3.63, 3.8) is 0 Å². The van der Waals surface area contributed by atoms with Crippen LogP contribution >= 0.6 is 0 Å². The number of Topliss-reactive ketones (excluding diaryl/α,β-unsaturated/α-hetero) is 1. The Balaban J connectivity index is 2.76. The molecule has 0 aliphatic carbocycles. The van der Waals surface area contributed by atoms with Crippen LogP contribution in [0.2, 0.25) is 0 Å². The highest BCUT2D eigenvalue weighted by Crippen LogP contribution is 2.08. The van der Waals surface area contributed by atoms with Crippen molar-refractivity contribution in [2.45, 2.75) is 20.8 Å². The first kappa shape index (κ1) is 8.87. The molecule has 72 valence electrons. The summed E-state index contributed by atoms with van der Waals surface area (Å²) in [4.78, 5) is 19.5. The number of rotatable bonds is 1. The molecule has 2 rings (SSSR count). The molecular weight excluding hydrogens is 178 g/mol. The van der Waals surface area contributed by atoms with Crippen molar-refractivity contribution in [3.05, 3.63) is 29.3 Å². The summed E-state index contributed by atoms with van der Waals surface area (Å²) in [5, 5.41) is 0. The molecular formula is C10H11N3O. The lowest BCUT2D eigenvalue weighted by Crippen LogP contribution is -1.94. The molecule has 0 spiro atoms. The molecule has 0 saturated carbocycles. The number of nitrogens with zero attached hydrogens (tertiary/aromatic N) is 3. The molecule has 0 unspecified atom stereocenters. The molecule has 0 fully saturated rings. The van der Waals surface area contributed by atoms with Gasteiger partial charge in [-0.3, -0.25) is 9.20 Å². The minimum absolute atomic E-state index is 0.0347. The first-order chi connectivity index (χ1) is 6.58. The third-order valence-electron chi connectivity index (χ3n) is 2.12. The van der Waals surface area contributed by atoms with E-state index < -0.39 is 0 Å². The third kappa shape index (κ3) is 1.28. The highest BCUT2D eigenvalue weighted by molar-refractivity contribution is 5.92. The Bertz CT molecular complexity index is 513. The number of aromatic nitrogens is 3. The van der Waals surface area contributed by atoms with Gasteiger partial charge in [0.15, 0.2) is 5.78 Å². The van der Waals surface area contributed by atoms with E-state index in [1.165, 1.54) is 6.92 Å². The molecule has 14 heavy (non-hydrogen) atoms. The molecule has 4 nitrogen and oxygen atoms in total. The van der Waals surface area contributed by atoms with Crippen molar-refractivity contribution in [2.24, 2.45) is 0 Å². The minimum atomic E-state index is -0.0347. The number of imidazole rings is 1. The van der Waals surface area contributed by atoms with Crippen molar-refractivity contribution in [3.8, 4) is 0 Å². The highest BCUT2D eigenvalue weighted by atomic mass is 16.1. The van der Waals surface area contributed by atoms with Crippen LogP contribution in [0.4, 0.5) is 0 Å². The molecule has 0 saturated heterocycles. The van der Waals surface area contributed by atoms with E-state index in [0.717, 1.165) is 11.4 Å². The van der Waals surface area contributed by atoms with Gasteiger partial charge >= 0.3 is 0 Å². The molecule has 2 aromatic heterocycles. The lowest BCUT2D eigenvalue weighted by Gasteiger charge is -1.98. The Hall–Kier alpha value is -1.71. The molecule has 0 radical (unpaired) electrons. The number of hydrogen-bond donors (Lipinski definition) is 0. The Morgan fingerprint density at radius 1 is 1.36 bits per heavy atom. The van der Waals surface area contributed by atoms with Crippen LogP contribution in [0.5, 0.6) is 0 Å². The standard InChI is InChI=1S/C10H11N3O/c1-6-4-7(2)13-5-9(8(3)14)12-10(13)11-6/h4-5H,1-3H3. The summed E-state index contributed by atoms with van der Waals surface area (Å²) >= 11 is 0. The van der Waals surface area contributed by atoms with Gasteiger partial charge in [-0.25, -0.2) is 9.97 Å². The number of carbonyl (C=O) groups excluding carboxylic acids is 1. The van der Waals surface area contributed by atoms with Gasteiger partial charge in [0.1, 0.15) is 5.69 Å². The SMILES string of the molecule is CC(=O)c1cn2c(C)cc(C)nc2n1. The Kier molecular flexibility index (Phi) is 1.84. The quantitative estimate of drug-likeness (QED) is 0.639. The maximum atomic E-state index is 11.1. The van der Waals surface area contributed by atoms with E-state index >= 15 is 0 Å². The van der Waals surface area contributed by atoms with Crippen LogP contribution in [0.3, 0.4) is 0 Å². The molecule has 2 heterocycles. The highest BCUT2D eigenvalue weighted by Gasteiger charge is 2.08. The Morgan fingerprint density at radius 3 is 2.71 bits per heavy atom. The number of hydrogen-bond acceptors (Lipinski definition) is 3. The van der Waals surface area contributed by atoms with E-state index in [4.69, 9.17) is 0 Å². The smallest absolute Gasteiger partial charge is 0.234 e. The van der Waals surface area contributed by atoms with E-state index in [0.29, 0.717) is 11.5 Å².